The molecular weight excluding hydrogens is 411 g/mol. The van der Waals surface area contributed by atoms with Gasteiger partial charge in [0.25, 0.3) is 11.5 Å². The van der Waals surface area contributed by atoms with Crippen molar-refractivity contribution >= 4 is 17.5 Å². The van der Waals surface area contributed by atoms with E-state index in [1.165, 1.54) is 30.5 Å². The lowest BCUT2D eigenvalue weighted by atomic mass is 10.1. The second-order valence-corrected chi connectivity index (χ2v) is 7.26. The fourth-order valence-electron chi connectivity index (χ4n) is 3.40. The van der Waals surface area contributed by atoms with Gasteiger partial charge in [-0.1, -0.05) is 25.1 Å². The van der Waals surface area contributed by atoms with Crippen LogP contribution in [0.4, 0.5) is 10.1 Å². The van der Waals surface area contributed by atoms with Crippen molar-refractivity contribution in [3.05, 3.63) is 81.5 Å². The van der Waals surface area contributed by atoms with E-state index in [1.807, 2.05) is 32.0 Å². The molecule has 0 radical (unpaired) electrons. The molecule has 1 aromatic heterocycles. The first-order valence-electron chi connectivity index (χ1n) is 10.4. The Bertz CT molecular complexity index is 1200. The predicted octanol–water partition coefficient (Wildman–Crippen LogP) is 3.31. The average molecular weight is 436 g/mol. The number of benzene rings is 2. The fourth-order valence-corrected chi connectivity index (χ4v) is 3.40. The van der Waals surface area contributed by atoms with E-state index < -0.39 is 23.2 Å². The lowest BCUT2D eigenvalue weighted by Gasteiger charge is -2.16. The molecule has 2 N–H and O–H groups in total. The molecule has 0 fully saturated rings. The van der Waals surface area contributed by atoms with Crippen LogP contribution in [0.3, 0.4) is 0 Å². The highest BCUT2D eigenvalue weighted by atomic mass is 19.1. The van der Waals surface area contributed by atoms with E-state index in [0.717, 1.165) is 22.1 Å². The van der Waals surface area contributed by atoms with Crippen molar-refractivity contribution in [3.63, 3.8) is 0 Å². The molecule has 7 nitrogen and oxygen atoms in total. The maximum absolute atomic E-state index is 13.4. The number of rotatable bonds is 7. The molecule has 0 saturated heterocycles. The Balaban J connectivity index is 2.03. The number of carbonyl (C=O) groups is 2. The SMILES string of the molecule is CCNC(=O)c1cnc(-c2ccc(F)cc2)n(CC(=O)Nc2c(C)cccc2CC)c1=O. The third-order valence-electron chi connectivity index (χ3n) is 5.04. The van der Waals surface area contributed by atoms with Crippen LogP contribution in [0.1, 0.15) is 35.3 Å². The second-order valence-electron chi connectivity index (χ2n) is 7.26. The Labute approximate surface area is 185 Å². The van der Waals surface area contributed by atoms with Crippen LogP contribution in [0.5, 0.6) is 0 Å². The summed E-state index contributed by atoms with van der Waals surface area (Å²) < 4.78 is 14.5. The summed E-state index contributed by atoms with van der Waals surface area (Å²) in [6.07, 6.45) is 1.91. The van der Waals surface area contributed by atoms with Crippen molar-refractivity contribution in [3.8, 4) is 11.4 Å². The number of para-hydroxylation sites is 1. The highest BCUT2D eigenvalue weighted by Crippen LogP contribution is 2.22. The van der Waals surface area contributed by atoms with Crippen molar-refractivity contribution in [2.24, 2.45) is 0 Å². The van der Waals surface area contributed by atoms with Crippen molar-refractivity contribution < 1.29 is 14.0 Å². The Morgan fingerprint density at radius 1 is 1.09 bits per heavy atom. The summed E-state index contributed by atoms with van der Waals surface area (Å²) >= 11 is 0. The molecule has 0 aliphatic rings. The number of hydrogen-bond acceptors (Lipinski definition) is 4. The van der Waals surface area contributed by atoms with E-state index >= 15 is 0 Å². The van der Waals surface area contributed by atoms with Crippen LogP contribution in [0, 0.1) is 12.7 Å². The van der Waals surface area contributed by atoms with Gasteiger partial charge in [0.1, 0.15) is 23.7 Å². The minimum Gasteiger partial charge on any atom is -0.352 e. The van der Waals surface area contributed by atoms with Crippen LogP contribution in [-0.2, 0) is 17.8 Å². The van der Waals surface area contributed by atoms with E-state index in [9.17, 15) is 18.8 Å². The van der Waals surface area contributed by atoms with Crippen molar-refractivity contribution in [2.45, 2.75) is 33.7 Å². The molecule has 0 bridgehead atoms. The molecule has 3 aromatic rings. The van der Waals surface area contributed by atoms with Crippen LogP contribution in [0.25, 0.3) is 11.4 Å². The first-order valence-corrected chi connectivity index (χ1v) is 10.4. The minimum atomic E-state index is -0.652. The van der Waals surface area contributed by atoms with Gasteiger partial charge in [-0.05, 0) is 55.7 Å². The van der Waals surface area contributed by atoms with E-state index in [4.69, 9.17) is 0 Å². The second kappa shape index (κ2) is 10.00. The molecule has 0 aliphatic heterocycles. The molecule has 32 heavy (non-hydrogen) atoms. The maximum atomic E-state index is 13.4. The maximum Gasteiger partial charge on any atom is 0.267 e. The van der Waals surface area contributed by atoms with Gasteiger partial charge in [-0.25, -0.2) is 9.37 Å². The number of hydrogen-bond donors (Lipinski definition) is 2. The van der Waals surface area contributed by atoms with Gasteiger partial charge in [0.2, 0.25) is 5.91 Å². The number of anilines is 1. The number of aryl methyl sites for hydroxylation is 2. The zero-order valence-electron chi connectivity index (χ0n) is 18.2. The van der Waals surface area contributed by atoms with Gasteiger partial charge < -0.3 is 10.6 Å². The topological polar surface area (TPSA) is 93.1 Å². The fraction of sp³-hybridized carbons (Fsp3) is 0.250. The van der Waals surface area contributed by atoms with Gasteiger partial charge in [-0.2, -0.15) is 0 Å². The summed E-state index contributed by atoms with van der Waals surface area (Å²) in [5.41, 5.74) is 2.20. The summed E-state index contributed by atoms with van der Waals surface area (Å²) in [6, 6.07) is 11.1. The zero-order chi connectivity index (χ0) is 23.3. The highest BCUT2D eigenvalue weighted by molar-refractivity contribution is 5.94. The molecule has 166 valence electrons. The monoisotopic (exact) mass is 436 g/mol. The Morgan fingerprint density at radius 2 is 1.81 bits per heavy atom. The van der Waals surface area contributed by atoms with Gasteiger partial charge in [0.15, 0.2) is 0 Å². The zero-order valence-corrected chi connectivity index (χ0v) is 18.2. The predicted molar refractivity (Wildman–Crippen MR) is 121 cm³/mol. The molecule has 0 atom stereocenters. The van der Waals surface area contributed by atoms with Gasteiger partial charge in [-0.15, -0.1) is 0 Å². The van der Waals surface area contributed by atoms with Crippen LogP contribution < -0.4 is 16.2 Å². The Kier molecular flexibility index (Phi) is 7.14. The number of nitrogens with one attached hydrogen (secondary N) is 2. The first kappa shape index (κ1) is 22.9. The molecule has 2 aromatic carbocycles. The Hall–Kier alpha value is -3.81. The molecular formula is C24H25FN4O3. The van der Waals surface area contributed by atoms with Gasteiger partial charge >= 0.3 is 0 Å². The van der Waals surface area contributed by atoms with Crippen LogP contribution in [0.2, 0.25) is 0 Å². The van der Waals surface area contributed by atoms with Crippen LogP contribution in [0.15, 0.2) is 53.5 Å². The van der Waals surface area contributed by atoms with Gasteiger partial charge in [0.05, 0.1) is 0 Å². The summed E-state index contributed by atoms with van der Waals surface area (Å²) in [5, 5.41) is 5.45. The van der Waals surface area contributed by atoms with E-state index in [2.05, 4.69) is 15.6 Å². The molecule has 0 spiro atoms. The number of carbonyl (C=O) groups excluding carboxylic acids is 2. The van der Waals surface area contributed by atoms with Crippen molar-refractivity contribution in [1.82, 2.24) is 14.9 Å². The average Bonchev–Trinajstić information content (AvgIpc) is 2.77. The summed E-state index contributed by atoms with van der Waals surface area (Å²) in [4.78, 5) is 42.6. The largest absolute Gasteiger partial charge is 0.352 e. The standard InChI is InChI=1S/C24H25FN4O3/c1-4-16-8-6-7-15(3)21(16)28-20(30)14-29-22(17-9-11-18(25)12-10-17)27-13-19(24(29)32)23(31)26-5-2/h6-13H,4-5,14H2,1-3H3,(H,26,31)(H,28,30). The van der Waals surface area contributed by atoms with Crippen LogP contribution >= 0.6 is 0 Å². The Morgan fingerprint density at radius 3 is 2.47 bits per heavy atom. The molecule has 8 heteroatoms. The number of halogens is 1. The minimum absolute atomic E-state index is 0.165. The first-order chi connectivity index (χ1) is 15.3. The molecule has 2 amide bonds. The number of amides is 2. The number of aromatic nitrogens is 2. The van der Waals surface area contributed by atoms with Crippen LogP contribution in [-0.4, -0.2) is 27.9 Å². The molecule has 0 aliphatic carbocycles. The molecule has 1 heterocycles. The molecule has 0 unspecified atom stereocenters. The van der Waals surface area contributed by atoms with Crippen molar-refractivity contribution in [1.29, 1.82) is 0 Å². The normalized spacial score (nSPS) is 10.6. The van der Waals surface area contributed by atoms with E-state index in [-0.39, 0.29) is 17.9 Å². The van der Waals surface area contributed by atoms with Gasteiger partial charge in [0, 0.05) is 24.0 Å². The van der Waals surface area contributed by atoms with E-state index in [1.54, 1.807) is 6.92 Å². The summed E-state index contributed by atoms with van der Waals surface area (Å²) in [6.45, 7) is 5.59. The quantitative estimate of drug-likeness (QED) is 0.594. The van der Waals surface area contributed by atoms with E-state index in [0.29, 0.717) is 17.8 Å². The van der Waals surface area contributed by atoms with Crippen molar-refractivity contribution in [2.75, 3.05) is 11.9 Å². The lowest BCUT2D eigenvalue weighted by Crippen LogP contribution is -2.36. The third-order valence-corrected chi connectivity index (χ3v) is 5.04. The highest BCUT2D eigenvalue weighted by Gasteiger charge is 2.19. The lowest BCUT2D eigenvalue weighted by molar-refractivity contribution is -0.116. The smallest absolute Gasteiger partial charge is 0.267 e. The summed E-state index contributed by atoms with van der Waals surface area (Å²) in [5.74, 6) is -1.28. The number of nitrogens with zero attached hydrogens (tertiary/aromatic N) is 2. The van der Waals surface area contributed by atoms with Gasteiger partial charge in [-0.3, -0.25) is 19.0 Å². The third kappa shape index (κ3) is 4.91. The summed E-state index contributed by atoms with van der Waals surface area (Å²) in [7, 11) is 0. The molecule has 0 saturated carbocycles. The molecule has 3 rings (SSSR count).